The van der Waals surface area contributed by atoms with E-state index in [4.69, 9.17) is 5.73 Å². The Hall–Kier alpha value is -0.570. The molecule has 1 aliphatic rings. The quantitative estimate of drug-likeness (QED) is 0.820. The molecule has 3 unspecified atom stereocenters. The molecular formula is C15H30N2O. The zero-order chi connectivity index (χ0) is 13.7. The molecule has 106 valence electrons. The fourth-order valence-corrected chi connectivity index (χ4v) is 3.19. The lowest BCUT2D eigenvalue weighted by Crippen LogP contribution is -2.48. The first-order valence-electron chi connectivity index (χ1n) is 7.46. The van der Waals surface area contributed by atoms with E-state index in [2.05, 4.69) is 32.6 Å². The van der Waals surface area contributed by atoms with Crippen molar-refractivity contribution in [2.75, 3.05) is 6.54 Å². The molecule has 0 bridgehead atoms. The number of nitrogens with zero attached hydrogens (tertiary/aromatic N) is 1. The number of amides is 1. The molecule has 0 aromatic rings. The minimum Gasteiger partial charge on any atom is -0.337 e. The van der Waals surface area contributed by atoms with Crippen LogP contribution < -0.4 is 5.73 Å². The van der Waals surface area contributed by atoms with Crippen LogP contribution in [0, 0.1) is 11.8 Å². The summed E-state index contributed by atoms with van der Waals surface area (Å²) in [4.78, 5) is 14.5. The van der Waals surface area contributed by atoms with E-state index in [1.165, 1.54) is 6.42 Å². The molecule has 1 rings (SSSR count). The summed E-state index contributed by atoms with van der Waals surface area (Å²) in [5, 5.41) is 0. The summed E-state index contributed by atoms with van der Waals surface area (Å²) in [7, 11) is 0. The van der Waals surface area contributed by atoms with Crippen molar-refractivity contribution in [1.29, 1.82) is 0 Å². The van der Waals surface area contributed by atoms with Crippen LogP contribution in [0.4, 0.5) is 0 Å². The highest BCUT2D eigenvalue weighted by Crippen LogP contribution is 2.25. The average Bonchev–Trinajstić information content (AvgIpc) is 2.27. The van der Waals surface area contributed by atoms with Gasteiger partial charge in [0.25, 0.3) is 0 Å². The number of hydrogen-bond donors (Lipinski definition) is 1. The van der Waals surface area contributed by atoms with Crippen LogP contribution in [0.1, 0.15) is 59.8 Å². The second kappa shape index (κ2) is 7.13. The maximum Gasteiger partial charge on any atom is 0.223 e. The SMILES string of the molecule is CC(C)CC(CN)CC(=O)N1C(C)CCCC1C. The number of rotatable bonds is 5. The van der Waals surface area contributed by atoms with E-state index >= 15 is 0 Å². The molecule has 0 radical (unpaired) electrons. The fourth-order valence-electron chi connectivity index (χ4n) is 3.19. The van der Waals surface area contributed by atoms with Crippen LogP contribution in [0.15, 0.2) is 0 Å². The molecule has 0 aliphatic carbocycles. The minimum atomic E-state index is 0.311. The van der Waals surface area contributed by atoms with Gasteiger partial charge in [-0.25, -0.2) is 0 Å². The highest BCUT2D eigenvalue weighted by molar-refractivity contribution is 5.77. The number of piperidine rings is 1. The van der Waals surface area contributed by atoms with Crippen molar-refractivity contribution in [1.82, 2.24) is 4.90 Å². The van der Waals surface area contributed by atoms with Gasteiger partial charge in [-0.1, -0.05) is 13.8 Å². The van der Waals surface area contributed by atoms with E-state index in [0.29, 0.717) is 42.8 Å². The third-order valence-electron chi connectivity index (χ3n) is 4.08. The first-order chi connectivity index (χ1) is 8.45. The number of nitrogens with two attached hydrogens (primary N) is 1. The van der Waals surface area contributed by atoms with Gasteiger partial charge in [-0.2, -0.15) is 0 Å². The van der Waals surface area contributed by atoms with Gasteiger partial charge in [-0.15, -0.1) is 0 Å². The molecule has 1 fully saturated rings. The first-order valence-corrected chi connectivity index (χ1v) is 7.46. The van der Waals surface area contributed by atoms with Crippen LogP contribution >= 0.6 is 0 Å². The van der Waals surface area contributed by atoms with Crippen LogP contribution in [0.3, 0.4) is 0 Å². The van der Waals surface area contributed by atoms with E-state index < -0.39 is 0 Å². The summed E-state index contributed by atoms with van der Waals surface area (Å²) in [5.74, 6) is 1.27. The Morgan fingerprint density at radius 3 is 2.28 bits per heavy atom. The predicted octanol–water partition coefficient (Wildman–Crippen LogP) is 2.79. The largest absolute Gasteiger partial charge is 0.337 e. The molecule has 2 N–H and O–H groups in total. The maximum atomic E-state index is 12.4. The van der Waals surface area contributed by atoms with Gasteiger partial charge in [-0.05, 0) is 57.9 Å². The number of likely N-dealkylation sites (tertiary alicyclic amines) is 1. The standard InChI is InChI=1S/C15H30N2O/c1-11(2)8-14(10-16)9-15(18)17-12(3)6-5-7-13(17)4/h11-14H,5-10,16H2,1-4H3. The third-order valence-corrected chi connectivity index (χ3v) is 4.08. The molecule has 18 heavy (non-hydrogen) atoms. The van der Waals surface area contributed by atoms with Crippen molar-refractivity contribution in [2.45, 2.75) is 71.9 Å². The molecule has 1 aliphatic heterocycles. The lowest BCUT2D eigenvalue weighted by Gasteiger charge is -2.39. The van der Waals surface area contributed by atoms with Gasteiger partial charge in [0, 0.05) is 18.5 Å². The molecule has 3 atom stereocenters. The summed E-state index contributed by atoms with van der Waals surface area (Å²) >= 11 is 0. The second-order valence-corrected chi connectivity index (χ2v) is 6.37. The average molecular weight is 254 g/mol. The Balaban J connectivity index is 2.56. The Morgan fingerprint density at radius 1 is 1.28 bits per heavy atom. The normalized spacial score (nSPS) is 26.4. The molecule has 1 amide bonds. The van der Waals surface area contributed by atoms with E-state index in [9.17, 15) is 4.79 Å². The van der Waals surface area contributed by atoms with Gasteiger partial charge >= 0.3 is 0 Å². The molecule has 3 nitrogen and oxygen atoms in total. The topological polar surface area (TPSA) is 46.3 Å². The number of carbonyl (C=O) groups excluding carboxylic acids is 1. The van der Waals surface area contributed by atoms with Crippen molar-refractivity contribution in [3.63, 3.8) is 0 Å². The molecule has 1 saturated heterocycles. The van der Waals surface area contributed by atoms with Crippen LogP contribution in [-0.4, -0.2) is 29.4 Å². The van der Waals surface area contributed by atoms with Crippen molar-refractivity contribution < 1.29 is 4.79 Å². The number of hydrogen-bond acceptors (Lipinski definition) is 2. The van der Waals surface area contributed by atoms with Crippen LogP contribution in [0.25, 0.3) is 0 Å². The molecule has 3 heteroatoms. The molecule has 0 spiro atoms. The summed E-state index contributed by atoms with van der Waals surface area (Å²) in [6.07, 6.45) is 5.22. The molecular weight excluding hydrogens is 224 g/mol. The van der Waals surface area contributed by atoms with Crippen molar-refractivity contribution >= 4 is 5.91 Å². The lowest BCUT2D eigenvalue weighted by atomic mass is 9.91. The van der Waals surface area contributed by atoms with E-state index in [0.717, 1.165) is 19.3 Å². The fraction of sp³-hybridized carbons (Fsp3) is 0.933. The zero-order valence-electron chi connectivity index (χ0n) is 12.5. The van der Waals surface area contributed by atoms with Crippen LogP contribution in [-0.2, 0) is 4.79 Å². The number of carbonyl (C=O) groups is 1. The molecule has 0 saturated carbocycles. The Labute approximate surface area is 112 Å². The Bertz CT molecular complexity index is 255. The third kappa shape index (κ3) is 4.27. The predicted molar refractivity (Wildman–Crippen MR) is 76.2 cm³/mol. The van der Waals surface area contributed by atoms with Gasteiger partial charge in [0.1, 0.15) is 0 Å². The summed E-state index contributed by atoms with van der Waals surface area (Å²) in [5.41, 5.74) is 5.80. The van der Waals surface area contributed by atoms with Crippen LogP contribution in [0.5, 0.6) is 0 Å². The van der Waals surface area contributed by atoms with Gasteiger partial charge in [-0.3, -0.25) is 4.79 Å². The second-order valence-electron chi connectivity index (χ2n) is 6.37. The van der Waals surface area contributed by atoms with E-state index in [1.54, 1.807) is 0 Å². The van der Waals surface area contributed by atoms with Crippen molar-refractivity contribution in [3.05, 3.63) is 0 Å². The van der Waals surface area contributed by atoms with Gasteiger partial charge in [0.05, 0.1) is 0 Å². The Morgan fingerprint density at radius 2 is 1.83 bits per heavy atom. The maximum absolute atomic E-state index is 12.4. The van der Waals surface area contributed by atoms with Gasteiger partial charge in [0.15, 0.2) is 0 Å². The molecule has 1 heterocycles. The monoisotopic (exact) mass is 254 g/mol. The molecule has 0 aromatic carbocycles. The minimum absolute atomic E-state index is 0.311. The van der Waals surface area contributed by atoms with Crippen molar-refractivity contribution in [2.24, 2.45) is 17.6 Å². The highest BCUT2D eigenvalue weighted by atomic mass is 16.2. The smallest absolute Gasteiger partial charge is 0.223 e. The molecule has 0 aromatic heterocycles. The van der Waals surface area contributed by atoms with Gasteiger partial charge in [0.2, 0.25) is 5.91 Å². The van der Waals surface area contributed by atoms with Gasteiger partial charge < -0.3 is 10.6 Å². The Kier molecular flexibility index (Phi) is 6.13. The summed E-state index contributed by atoms with van der Waals surface area (Å²) in [6, 6.07) is 0.803. The lowest BCUT2D eigenvalue weighted by molar-refractivity contribution is -0.138. The zero-order valence-corrected chi connectivity index (χ0v) is 12.5. The van der Waals surface area contributed by atoms with Crippen molar-refractivity contribution in [3.8, 4) is 0 Å². The van der Waals surface area contributed by atoms with E-state index in [1.807, 2.05) is 0 Å². The highest BCUT2D eigenvalue weighted by Gasteiger charge is 2.29. The summed E-state index contributed by atoms with van der Waals surface area (Å²) < 4.78 is 0. The summed E-state index contributed by atoms with van der Waals surface area (Å²) in [6.45, 7) is 9.36. The van der Waals surface area contributed by atoms with E-state index in [-0.39, 0.29) is 0 Å². The van der Waals surface area contributed by atoms with Crippen LogP contribution in [0.2, 0.25) is 0 Å². The first kappa shape index (κ1) is 15.5.